The van der Waals surface area contributed by atoms with Crippen LogP contribution >= 0.6 is 0 Å². The lowest BCUT2D eigenvalue weighted by molar-refractivity contribution is -0.142. The van der Waals surface area contributed by atoms with Crippen molar-refractivity contribution < 1.29 is 43.8 Å². The molecule has 18 heteroatoms. The minimum Gasteiger partial charge on any atom is -0.508 e. The van der Waals surface area contributed by atoms with Gasteiger partial charge in [0.15, 0.2) is 0 Å². The fourth-order valence-electron chi connectivity index (χ4n) is 6.87. The molecular weight excluding hydrogens is 787 g/mol. The average Bonchev–Trinajstić information content (AvgIpc) is 3.74. The zero-order chi connectivity index (χ0) is 44.5. The maximum absolute atomic E-state index is 14.1. The molecule has 0 saturated carbocycles. The van der Waals surface area contributed by atoms with Crippen molar-refractivity contribution in [3.8, 4) is 11.5 Å². The van der Waals surface area contributed by atoms with Gasteiger partial charge in [-0.3, -0.25) is 33.6 Å². The molecule has 1 fully saturated rings. The van der Waals surface area contributed by atoms with Gasteiger partial charge < -0.3 is 58.9 Å². The first kappa shape index (κ1) is 47.2. The van der Waals surface area contributed by atoms with Crippen molar-refractivity contribution in [1.29, 1.82) is 0 Å². The number of carbonyl (C=O) groups is 7. The van der Waals surface area contributed by atoms with Crippen LogP contribution in [0.5, 0.6) is 11.5 Å². The first-order chi connectivity index (χ1) is 29.1. The van der Waals surface area contributed by atoms with Gasteiger partial charge in [0, 0.05) is 19.4 Å². The SMILES string of the molecule is C[C@@H](NC(=O)[C@@H](N)Cc1ccc(O)cc1)C(=O)N[C@@H](Cc1ccccc1)C(=O)NCC(=O)N[C@@H](Cc1ccc(O)cc1)C(=O)N1CCC[C@@H]1C(=O)N[C@@H](CCCCN)C(N)=O. The van der Waals surface area contributed by atoms with Gasteiger partial charge in [-0.25, -0.2) is 0 Å². The summed E-state index contributed by atoms with van der Waals surface area (Å²) in [5.41, 5.74) is 19.2. The lowest BCUT2D eigenvalue weighted by Crippen LogP contribution is -2.58. The quantitative estimate of drug-likeness (QED) is 0.0555. The molecule has 1 heterocycles. The molecule has 0 aromatic heterocycles. The number of aromatic hydroxyl groups is 2. The minimum absolute atomic E-state index is 0.00627. The van der Waals surface area contributed by atoms with Crippen LogP contribution in [-0.2, 0) is 52.8 Å². The zero-order valence-corrected chi connectivity index (χ0v) is 34.2. The Kier molecular flexibility index (Phi) is 18.0. The summed E-state index contributed by atoms with van der Waals surface area (Å²) in [6, 6.07) is 14.6. The molecule has 0 bridgehead atoms. The number of phenols is 2. The molecule has 0 spiro atoms. The Hall–Kier alpha value is -6.53. The second kappa shape index (κ2) is 23.3. The Balaban J connectivity index is 1.42. The third-order valence-electron chi connectivity index (χ3n) is 10.3. The molecule has 0 aliphatic carbocycles. The van der Waals surface area contributed by atoms with Crippen molar-refractivity contribution in [1.82, 2.24) is 31.5 Å². The highest BCUT2D eigenvalue weighted by Crippen LogP contribution is 2.21. The molecule has 4 rings (SSSR count). The molecule has 3 aromatic carbocycles. The van der Waals surface area contributed by atoms with Gasteiger partial charge in [0.2, 0.25) is 41.4 Å². The van der Waals surface area contributed by atoms with Crippen molar-refractivity contribution in [2.24, 2.45) is 17.2 Å². The number of primary amides is 1. The van der Waals surface area contributed by atoms with E-state index in [1.54, 1.807) is 54.6 Å². The normalized spacial score (nSPS) is 15.9. The van der Waals surface area contributed by atoms with E-state index < -0.39 is 84.1 Å². The summed E-state index contributed by atoms with van der Waals surface area (Å²) in [5.74, 6) is -4.54. The number of nitrogens with zero attached hydrogens (tertiary/aromatic N) is 1. The number of benzene rings is 3. The lowest BCUT2D eigenvalue weighted by atomic mass is 10.0. The molecule has 1 aliphatic rings. The fourth-order valence-corrected chi connectivity index (χ4v) is 6.87. The Labute approximate surface area is 354 Å². The number of hydrogen-bond acceptors (Lipinski definition) is 11. The molecule has 18 nitrogen and oxygen atoms in total. The van der Waals surface area contributed by atoms with Gasteiger partial charge in [0.1, 0.15) is 41.7 Å². The highest BCUT2D eigenvalue weighted by molar-refractivity contribution is 5.96. The van der Waals surface area contributed by atoms with E-state index in [2.05, 4.69) is 26.6 Å². The van der Waals surface area contributed by atoms with Gasteiger partial charge in [-0.2, -0.15) is 0 Å². The number of phenolic OH excluding ortho intramolecular Hbond substituents is 2. The Morgan fingerprint density at radius 3 is 1.90 bits per heavy atom. The molecule has 0 radical (unpaired) electrons. The van der Waals surface area contributed by atoms with E-state index in [0.29, 0.717) is 48.9 Å². The van der Waals surface area contributed by atoms with Gasteiger partial charge in [-0.05, 0) is 92.9 Å². The number of amides is 7. The maximum atomic E-state index is 14.1. The van der Waals surface area contributed by atoms with Crippen LogP contribution in [0.3, 0.4) is 0 Å². The number of nitrogens with one attached hydrogen (secondary N) is 5. The molecule has 1 saturated heterocycles. The minimum atomic E-state index is -1.21. The highest BCUT2D eigenvalue weighted by Gasteiger charge is 2.39. The van der Waals surface area contributed by atoms with E-state index in [1.807, 2.05) is 0 Å². The lowest BCUT2D eigenvalue weighted by Gasteiger charge is -2.30. The van der Waals surface area contributed by atoms with Gasteiger partial charge in [-0.1, -0.05) is 54.6 Å². The Morgan fingerprint density at radius 2 is 1.30 bits per heavy atom. The Bertz CT molecular complexity index is 1970. The van der Waals surface area contributed by atoms with Crippen molar-refractivity contribution in [2.45, 2.75) is 94.5 Å². The van der Waals surface area contributed by atoms with E-state index in [9.17, 15) is 43.8 Å². The second-order valence-corrected chi connectivity index (χ2v) is 15.1. The van der Waals surface area contributed by atoms with Crippen molar-refractivity contribution in [2.75, 3.05) is 19.6 Å². The van der Waals surface area contributed by atoms with E-state index in [1.165, 1.54) is 36.1 Å². The van der Waals surface area contributed by atoms with Gasteiger partial charge in [-0.15, -0.1) is 0 Å². The first-order valence-corrected chi connectivity index (χ1v) is 20.3. The van der Waals surface area contributed by atoms with Crippen LogP contribution in [-0.4, -0.2) is 112 Å². The summed E-state index contributed by atoms with van der Waals surface area (Å²) in [7, 11) is 0. The highest BCUT2D eigenvalue weighted by atomic mass is 16.3. The number of rotatable bonds is 22. The molecule has 6 atom stereocenters. The average molecular weight is 844 g/mol. The summed E-state index contributed by atoms with van der Waals surface area (Å²) < 4.78 is 0. The van der Waals surface area contributed by atoms with Crippen molar-refractivity contribution >= 4 is 41.4 Å². The summed E-state index contributed by atoms with van der Waals surface area (Å²) in [6.07, 6.45) is 2.42. The smallest absolute Gasteiger partial charge is 0.246 e. The zero-order valence-electron chi connectivity index (χ0n) is 34.2. The predicted molar refractivity (Wildman–Crippen MR) is 225 cm³/mol. The van der Waals surface area contributed by atoms with Crippen molar-refractivity contribution in [3.05, 3.63) is 95.6 Å². The standard InChI is InChI=1S/C43H57N9O9/c1-26(48-40(58)32(45)22-28-12-16-30(53)17-13-28)39(57)51-34(23-27-8-3-2-4-9-27)41(59)47-25-37(55)49-35(24-29-14-18-31(54)19-15-29)43(61)52-21-7-11-36(52)42(60)50-33(38(46)56)10-5-6-20-44/h2-4,8-9,12-19,26,32-36,53-54H,5-7,10-11,20-25,44-45H2,1H3,(H2,46,56)(H,47,59)(H,48,58)(H,49,55)(H,50,60)(H,51,57)/t26-,32+,33+,34+,35+,36-/m1/s1. The van der Waals surface area contributed by atoms with Crippen LogP contribution in [0, 0.1) is 0 Å². The summed E-state index contributed by atoms with van der Waals surface area (Å²) in [5, 5.41) is 32.5. The number of unbranched alkanes of at least 4 members (excludes halogenated alkanes) is 1. The molecule has 3 aromatic rings. The molecule has 61 heavy (non-hydrogen) atoms. The maximum Gasteiger partial charge on any atom is 0.246 e. The van der Waals surface area contributed by atoms with E-state index in [0.717, 1.165) is 0 Å². The second-order valence-electron chi connectivity index (χ2n) is 15.1. The first-order valence-electron chi connectivity index (χ1n) is 20.3. The number of carbonyl (C=O) groups excluding carboxylic acids is 7. The van der Waals surface area contributed by atoms with E-state index in [-0.39, 0.29) is 43.7 Å². The Morgan fingerprint density at radius 1 is 0.705 bits per heavy atom. The number of likely N-dealkylation sites (tertiary alicyclic amines) is 1. The van der Waals surface area contributed by atoms with Crippen LogP contribution < -0.4 is 43.8 Å². The molecule has 328 valence electrons. The van der Waals surface area contributed by atoms with Gasteiger partial charge in [0.05, 0.1) is 12.6 Å². The monoisotopic (exact) mass is 843 g/mol. The van der Waals surface area contributed by atoms with Gasteiger partial charge >= 0.3 is 0 Å². The van der Waals surface area contributed by atoms with Crippen LogP contribution in [0.2, 0.25) is 0 Å². The van der Waals surface area contributed by atoms with E-state index in [4.69, 9.17) is 17.2 Å². The topological polar surface area (TPSA) is 301 Å². The number of hydrogen-bond donors (Lipinski definition) is 10. The number of nitrogens with two attached hydrogens (primary N) is 3. The van der Waals surface area contributed by atoms with Crippen LogP contribution in [0.15, 0.2) is 78.9 Å². The fraction of sp³-hybridized carbons (Fsp3) is 0.419. The third-order valence-corrected chi connectivity index (χ3v) is 10.3. The predicted octanol–water partition coefficient (Wildman–Crippen LogP) is -0.866. The van der Waals surface area contributed by atoms with Crippen LogP contribution in [0.1, 0.15) is 55.7 Å². The largest absolute Gasteiger partial charge is 0.508 e. The molecule has 0 unspecified atom stereocenters. The molecule has 1 aliphatic heterocycles. The van der Waals surface area contributed by atoms with Gasteiger partial charge in [0.25, 0.3) is 0 Å². The molecule has 7 amide bonds. The van der Waals surface area contributed by atoms with Crippen LogP contribution in [0.4, 0.5) is 0 Å². The van der Waals surface area contributed by atoms with Crippen LogP contribution in [0.25, 0.3) is 0 Å². The molecule has 13 N–H and O–H groups in total. The summed E-state index contributed by atoms with van der Waals surface area (Å²) in [4.78, 5) is 94.4. The summed E-state index contributed by atoms with van der Waals surface area (Å²) in [6.45, 7) is 1.46. The van der Waals surface area contributed by atoms with Crippen molar-refractivity contribution in [3.63, 3.8) is 0 Å². The molecular formula is C43H57N9O9. The third kappa shape index (κ3) is 14.9. The summed E-state index contributed by atoms with van der Waals surface area (Å²) >= 11 is 0. The van der Waals surface area contributed by atoms with E-state index >= 15 is 0 Å².